The van der Waals surface area contributed by atoms with Gasteiger partial charge in [0.2, 0.25) is 0 Å². The van der Waals surface area contributed by atoms with Gasteiger partial charge in [-0.3, -0.25) is 14.9 Å². The number of rotatable bonds is 4. The van der Waals surface area contributed by atoms with Crippen molar-refractivity contribution in [1.29, 1.82) is 0 Å². The number of aromatic nitrogens is 2. The fourth-order valence-electron chi connectivity index (χ4n) is 3.60. The summed E-state index contributed by atoms with van der Waals surface area (Å²) in [4.78, 5) is 23.3. The molecule has 1 aliphatic carbocycles. The van der Waals surface area contributed by atoms with Gasteiger partial charge < -0.3 is 5.32 Å². The van der Waals surface area contributed by atoms with Crippen molar-refractivity contribution in [2.75, 3.05) is 5.32 Å². The maximum Gasteiger partial charge on any atom is 0.276 e. The number of nitro benzene ring substituents is 1. The molecular formula is C21H20N4O3. The van der Waals surface area contributed by atoms with E-state index < -0.39 is 4.92 Å². The second-order valence-corrected chi connectivity index (χ2v) is 6.84. The smallest absolute Gasteiger partial charge is 0.276 e. The summed E-state index contributed by atoms with van der Waals surface area (Å²) < 4.78 is 1.88. The Morgan fingerprint density at radius 3 is 2.43 bits per heavy atom. The van der Waals surface area contributed by atoms with E-state index in [4.69, 9.17) is 0 Å². The summed E-state index contributed by atoms with van der Waals surface area (Å²) in [6, 6.07) is 15.6. The normalized spacial score (nSPS) is 13.4. The third-order valence-corrected chi connectivity index (χ3v) is 4.98. The van der Waals surface area contributed by atoms with Gasteiger partial charge in [0.15, 0.2) is 5.69 Å². The predicted molar refractivity (Wildman–Crippen MR) is 106 cm³/mol. The Morgan fingerprint density at radius 1 is 1.00 bits per heavy atom. The van der Waals surface area contributed by atoms with Crippen molar-refractivity contribution in [2.45, 2.75) is 32.1 Å². The van der Waals surface area contributed by atoms with Crippen molar-refractivity contribution in [3.8, 4) is 5.69 Å². The molecule has 0 saturated heterocycles. The highest BCUT2D eigenvalue weighted by Gasteiger charge is 2.24. The van der Waals surface area contributed by atoms with E-state index >= 15 is 0 Å². The largest absolute Gasteiger partial charge is 0.321 e. The second-order valence-electron chi connectivity index (χ2n) is 6.84. The molecule has 142 valence electrons. The molecule has 7 heteroatoms. The minimum absolute atomic E-state index is 0.0137. The van der Waals surface area contributed by atoms with Crippen molar-refractivity contribution in [3.05, 3.63) is 81.7 Å². The number of fused-ring (bicyclic) bond motifs is 1. The monoisotopic (exact) mass is 376 g/mol. The molecule has 28 heavy (non-hydrogen) atoms. The summed E-state index contributed by atoms with van der Waals surface area (Å²) in [7, 11) is 0. The Bertz CT molecular complexity index is 1010. The zero-order valence-corrected chi connectivity index (χ0v) is 15.3. The SMILES string of the molecule is O=C(Nc1ccc([N+](=O)[O-])cc1)c1nn(-c2ccccc2)c2c1CCCCC2. The Balaban J connectivity index is 1.67. The number of anilines is 1. The van der Waals surface area contributed by atoms with E-state index in [0.717, 1.165) is 49.0 Å². The highest BCUT2D eigenvalue weighted by Crippen LogP contribution is 2.27. The van der Waals surface area contributed by atoms with Crippen LogP contribution in [0.2, 0.25) is 0 Å². The lowest BCUT2D eigenvalue weighted by atomic mass is 10.1. The number of hydrogen-bond acceptors (Lipinski definition) is 4. The Labute approximate surface area is 162 Å². The number of nitro groups is 1. The van der Waals surface area contributed by atoms with Crippen LogP contribution in [0.3, 0.4) is 0 Å². The van der Waals surface area contributed by atoms with E-state index in [-0.39, 0.29) is 11.6 Å². The molecular weight excluding hydrogens is 356 g/mol. The first kappa shape index (κ1) is 17.9. The van der Waals surface area contributed by atoms with Crippen molar-refractivity contribution < 1.29 is 9.72 Å². The standard InChI is InChI=1S/C21H20N4O3/c26-21(22-15-11-13-17(14-12-15)25(27)28)20-18-9-5-2-6-10-19(18)24(23-20)16-7-3-1-4-8-16/h1,3-4,7-8,11-14H,2,5-6,9-10H2,(H,22,26). The zero-order chi connectivity index (χ0) is 19.5. The van der Waals surface area contributed by atoms with Gasteiger partial charge >= 0.3 is 0 Å². The molecule has 0 atom stereocenters. The topological polar surface area (TPSA) is 90.1 Å². The number of carbonyl (C=O) groups is 1. The van der Waals surface area contributed by atoms with Crippen LogP contribution in [0.5, 0.6) is 0 Å². The minimum Gasteiger partial charge on any atom is -0.321 e. The molecule has 1 amide bonds. The minimum atomic E-state index is -0.465. The van der Waals surface area contributed by atoms with Gasteiger partial charge in [0.25, 0.3) is 11.6 Å². The maximum atomic E-state index is 12.9. The number of benzene rings is 2. The van der Waals surface area contributed by atoms with E-state index in [2.05, 4.69) is 10.4 Å². The predicted octanol–water partition coefficient (Wildman–Crippen LogP) is 4.30. The first-order valence-corrected chi connectivity index (χ1v) is 9.35. The third-order valence-electron chi connectivity index (χ3n) is 4.98. The van der Waals surface area contributed by atoms with Crippen LogP contribution in [0, 0.1) is 10.1 Å². The molecule has 2 aromatic carbocycles. The summed E-state index contributed by atoms with van der Waals surface area (Å²) in [6.07, 6.45) is 4.96. The molecule has 1 heterocycles. The van der Waals surface area contributed by atoms with Gasteiger partial charge in [0.1, 0.15) is 0 Å². The van der Waals surface area contributed by atoms with Crippen LogP contribution in [-0.2, 0) is 12.8 Å². The van der Waals surface area contributed by atoms with Gasteiger partial charge in [0.05, 0.1) is 10.6 Å². The molecule has 0 fully saturated rings. The van der Waals surface area contributed by atoms with E-state index in [9.17, 15) is 14.9 Å². The first-order valence-electron chi connectivity index (χ1n) is 9.35. The molecule has 1 N–H and O–H groups in total. The van der Waals surface area contributed by atoms with Gasteiger partial charge in [-0.1, -0.05) is 24.6 Å². The fourth-order valence-corrected chi connectivity index (χ4v) is 3.60. The molecule has 0 saturated carbocycles. The second kappa shape index (κ2) is 7.64. The van der Waals surface area contributed by atoms with E-state index in [1.807, 2.05) is 35.0 Å². The Kier molecular flexibility index (Phi) is 4.89. The summed E-state index contributed by atoms with van der Waals surface area (Å²) in [5, 5.41) is 18.3. The van der Waals surface area contributed by atoms with Crippen molar-refractivity contribution in [1.82, 2.24) is 9.78 Å². The number of non-ortho nitro benzene ring substituents is 1. The average Bonchev–Trinajstić information content (AvgIpc) is 2.90. The molecule has 0 aliphatic heterocycles. The summed E-state index contributed by atoms with van der Waals surface area (Å²) in [6.45, 7) is 0. The molecule has 7 nitrogen and oxygen atoms in total. The summed E-state index contributed by atoms with van der Waals surface area (Å²) >= 11 is 0. The average molecular weight is 376 g/mol. The lowest BCUT2D eigenvalue weighted by molar-refractivity contribution is -0.384. The van der Waals surface area contributed by atoms with Crippen molar-refractivity contribution >= 4 is 17.3 Å². The zero-order valence-electron chi connectivity index (χ0n) is 15.3. The van der Waals surface area contributed by atoms with Crippen LogP contribution in [-0.4, -0.2) is 20.6 Å². The maximum absolute atomic E-state index is 12.9. The van der Waals surface area contributed by atoms with E-state index in [1.165, 1.54) is 24.3 Å². The summed E-state index contributed by atoms with van der Waals surface area (Å²) in [5.74, 6) is -0.290. The highest BCUT2D eigenvalue weighted by atomic mass is 16.6. The molecule has 3 aromatic rings. The van der Waals surface area contributed by atoms with E-state index in [1.54, 1.807) is 0 Å². The highest BCUT2D eigenvalue weighted by molar-refractivity contribution is 6.04. The molecule has 1 aromatic heterocycles. The van der Waals surface area contributed by atoms with Crippen LogP contribution >= 0.6 is 0 Å². The van der Waals surface area contributed by atoms with Crippen molar-refractivity contribution in [3.63, 3.8) is 0 Å². The van der Waals surface area contributed by atoms with Crippen molar-refractivity contribution in [2.24, 2.45) is 0 Å². The van der Waals surface area contributed by atoms with Crippen LogP contribution in [0.1, 0.15) is 41.0 Å². The number of hydrogen-bond donors (Lipinski definition) is 1. The molecule has 0 unspecified atom stereocenters. The first-order chi connectivity index (χ1) is 13.6. The number of nitrogens with one attached hydrogen (secondary N) is 1. The van der Waals surface area contributed by atoms with E-state index in [0.29, 0.717) is 11.4 Å². The molecule has 0 spiro atoms. The lowest BCUT2D eigenvalue weighted by Crippen LogP contribution is -2.15. The number of nitrogens with zero attached hydrogens (tertiary/aromatic N) is 3. The van der Waals surface area contributed by atoms with Gasteiger partial charge in [-0.15, -0.1) is 0 Å². The van der Waals surface area contributed by atoms with Crippen LogP contribution in [0.4, 0.5) is 11.4 Å². The van der Waals surface area contributed by atoms with Gasteiger partial charge in [-0.25, -0.2) is 4.68 Å². The third kappa shape index (κ3) is 3.51. The number of amides is 1. The van der Waals surface area contributed by atoms with Gasteiger partial charge in [0, 0.05) is 29.1 Å². The van der Waals surface area contributed by atoms with Gasteiger partial charge in [-0.2, -0.15) is 5.10 Å². The Morgan fingerprint density at radius 2 is 1.71 bits per heavy atom. The molecule has 4 rings (SSSR count). The number of carbonyl (C=O) groups excluding carboxylic acids is 1. The lowest BCUT2D eigenvalue weighted by Gasteiger charge is -2.06. The molecule has 1 aliphatic rings. The van der Waals surface area contributed by atoms with Gasteiger partial charge in [-0.05, 0) is 49.9 Å². The Hall–Kier alpha value is -3.48. The van der Waals surface area contributed by atoms with Crippen LogP contribution in [0.25, 0.3) is 5.69 Å². The van der Waals surface area contributed by atoms with Crippen LogP contribution < -0.4 is 5.32 Å². The quantitative estimate of drug-likeness (QED) is 0.417. The molecule has 0 radical (unpaired) electrons. The molecule has 0 bridgehead atoms. The number of para-hydroxylation sites is 1. The fraction of sp³-hybridized carbons (Fsp3) is 0.238. The summed E-state index contributed by atoms with van der Waals surface area (Å²) in [5.41, 5.74) is 3.96. The van der Waals surface area contributed by atoms with Crippen LogP contribution in [0.15, 0.2) is 54.6 Å².